The highest BCUT2D eigenvalue weighted by atomic mass is 35.5. The Morgan fingerprint density at radius 1 is 1.10 bits per heavy atom. The van der Waals surface area contributed by atoms with E-state index >= 15 is 0 Å². The van der Waals surface area contributed by atoms with E-state index in [0.29, 0.717) is 17.4 Å². The van der Waals surface area contributed by atoms with Gasteiger partial charge >= 0.3 is 0 Å². The zero-order chi connectivity index (χ0) is 21.3. The van der Waals surface area contributed by atoms with Gasteiger partial charge in [0.2, 0.25) is 0 Å². The van der Waals surface area contributed by atoms with E-state index in [1.165, 1.54) is 0 Å². The number of hydrogen-bond acceptors (Lipinski definition) is 5. The maximum atomic E-state index is 6.43. The molecule has 6 nitrogen and oxygen atoms in total. The Hall–Kier alpha value is -3.09. The number of aromatic nitrogens is 3. The van der Waals surface area contributed by atoms with Gasteiger partial charge in [0.15, 0.2) is 5.82 Å². The molecule has 154 valence electrons. The third-order valence-corrected chi connectivity index (χ3v) is 5.26. The molecule has 0 saturated heterocycles. The van der Waals surface area contributed by atoms with E-state index in [9.17, 15) is 0 Å². The van der Waals surface area contributed by atoms with Crippen LogP contribution in [0.25, 0.3) is 22.3 Å². The van der Waals surface area contributed by atoms with Gasteiger partial charge in [-0.05, 0) is 67.4 Å². The van der Waals surface area contributed by atoms with Crippen LogP contribution in [-0.4, -0.2) is 21.6 Å². The molecule has 0 amide bonds. The average molecular weight is 422 g/mol. The van der Waals surface area contributed by atoms with Crippen molar-refractivity contribution in [3.63, 3.8) is 0 Å². The van der Waals surface area contributed by atoms with Crippen molar-refractivity contribution in [2.45, 2.75) is 26.4 Å². The van der Waals surface area contributed by atoms with Crippen LogP contribution in [0.15, 0.2) is 60.9 Å². The molecule has 2 N–H and O–H groups in total. The summed E-state index contributed by atoms with van der Waals surface area (Å²) in [6, 6.07) is 18.0. The predicted molar refractivity (Wildman–Crippen MR) is 122 cm³/mol. The van der Waals surface area contributed by atoms with Crippen LogP contribution in [0.3, 0.4) is 0 Å². The predicted octanol–water partition coefficient (Wildman–Crippen LogP) is 5.22. The van der Waals surface area contributed by atoms with Gasteiger partial charge in [-0.1, -0.05) is 23.7 Å². The number of methoxy groups -OCH3 is 1. The number of nitrogens with zero attached hydrogens (tertiary/aromatic N) is 4. The highest BCUT2D eigenvalue weighted by Gasteiger charge is 2.19. The summed E-state index contributed by atoms with van der Waals surface area (Å²) in [7, 11) is 1.66. The molecule has 0 atom stereocenters. The van der Waals surface area contributed by atoms with E-state index in [2.05, 4.69) is 34.4 Å². The number of benzene rings is 2. The molecular weight excluding hydrogens is 398 g/mol. The minimum Gasteiger partial charge on any atom is -0.497 e. The fourth-order valence-corrected chi connectivity index (χ4v) is 3.87. The molecule has 4 rings (SSSR count). The van der Waals surface area contributed by atoms with E-state index < -0.39 is 0 Å². The molecule has 0 radical (unpaired) electrons. The van der Waals surface area contributed by atoms with Crippen molar-refractivity contribution < 1.29 is 4.74 Å². The minimum atomic E-state index is 0.210. The average Bonchev–Trinajstić information content (AvgIpc) is 3.13. The molecule has 0 aliphatic rings. The molecule has 0 aliphatic carbocycles. The van der Waals surface area contributed by atoms with Crippen molar-refractivity contribution in [2.24, 2.45) is 5.84 Å². The van der Waals surface area contributed by atoms with Crippen LogP contribution in [0.1, 0.15) is 25.5 Å². The standard InChI is InChI=1S/C23H24ClN5O/c1-15(2)29-21(17-7-9-19(30-3)10-8-17)12-20-22(26-14-27-23(20)29)28(25)13-16-5-4-6-18(24)11-16/h4-12,14-15H,13,25H2,1-3H3. The van der Waals surface area contributed by atoms with Gasteiger partial charge < -0.3 is 9.30 Å². The van der Waals surface area contributed by atoms with E-state index in [1.54, 1.807) is 18.4 Å². The molecule has 2 aromatic carbocycles. The molecule has 2 heterocycles. The van der Waals surface area contributed by atoms with Crippen LogP contribution < -0.4 is 15.6 Å². The number of hydrogen-bond donors (Lipinski definition) is 1. The second kappa shape index (κ2) is 8.34. The highest BCUT2D eigenvalue weighted by molar-refractivity contribution is 6.30. The van der Waals surface area contributed by atoms with Crippen molar-refractivity contribution in [1.29, 1.82) is 0 Å². The molecule has 2 aromatic heterocycles. The Balaban J connectivity index is 1.80. The number of fused-ring (bicyclic) bond motifs is 1. The van der Waals surface area contributed by atoms with Crippen LogP contribution in [0.4, 0.5) is 5.82 Å². The lowest BCUT2D eigenvalue weighted by Crippen LogP contribution is -2.31. The van der Waals surface area contributed by atoms with Crippen molar-refractivity contribution in [2.75, 3.05) is 12.1 Å². The quantitative estimate of drug-likeness (QED) is 0.341. The lowest BCUT2D eigenvalue weighted by molar-refractivity contribution is 0.415. The van der Waals surface area contributed by atoms with E-state index in [0.717, 1.165) is 33.6 Å². The summed E-state index contributed by atoms with van der Waals surface area (Å²) in [5.74, 6) is 7.92. The molecule has 0 aliphatic heterocycles. The van der Waals surface area contributed by atoms with E-state index in [4.69, 9.17) is 22.2 Å². The Bertz CT molecular complexity index is 1170. The van der Waals surface area contributed by atoms with Crippen LogP contribution in [0.5, 0.6) is 5.75 Å². The van der Waals surface area contributed by atoms with Gasteiger partial charge in [-0.3, -0.25) is 5.01 Å². The molecule has 0 bridgehead atoms. The monoisotopic (exact) mass is 421 g/mol. The van der Waals surface area contributed by atoms with E-state index in [1.807, 2.05) is 48.5 Å². The van der Waals surface area contributed by atoms with Crippen molar-refractivity contribution in [3.8, 4) is 17.0 Å². The minimum absolute atomic E-state index is 0.210. The van der Waals surface area contributed by atoms with Gasteiger partial charge in [-0.2, -0.15) is 0 Å². The van der Waals surface area contributed by atoms with Crippen LogP contribution in [0.2, 0.25) is 5.02 Å². The summed E-state index contributed by atoms with van der Waals surface area (Å²) >= 11 is 6.12. The first-order valence-electron chi connectivity index (χ1n) is 9.75. The molecule has 30 heavy (non-hydrogen) atoms. The van der Waals surface area contributed by atoms with Gasteiger partial charge in [0, 0.05) is 11.1 Å². The zero-order valence-corrected chi connectivity index (χ0v) is 18.0. The largest absolute Gasteiger partial charge is 0.497 e. The number of halogens is 1. The Morgan fingerprint density at radius 3 is 2.53 bits per heavy atom. The lowest BCUT2D eigenvalue weighted by atomic mass is 10.1. The van der Waals surface area contributed by atoms with Crippen LogP contribution in [-0.2, 0) is 6.54 Å². The Labute approximate surface area is 180 Å². The van der Waals surface area contributed by atoms with Crippen molar-refractivity contribution >= 4 is 28.5 Å². The van der Waals surface area contributed by atoms with Crippen molar-refractivity contribution in [1.82, 2.24) is 14.5 Å². The number of anilines is 1. The van der Waals surface area contributed by atoms with Crippen LogP contribution in [0, 0.1) is 0 Å². The summed E-state index contributed by atoms with van der Waals surface area (Å²) in [5, 5.41) is 3.22. The van der Waals surface area contributed by atoms with Gasteiger partial charge in [-0.25, -0.2) is 15.8 Å². The fraction of sp³-hybridized carbons (Fsp3) is 0.217. The first-order chi connectivity index (χ1) is 14.5. The summed E-state index contributed by atoms with van der Waals surface area (Å²) in [5.41, 5.74) is 3.99. The summed E-state index contributed by atoms with van der Waals surface area (Å²) in [6.45, 7) is 4.76. The highest BCUT2D eigenvalue weighted by Crippen LogP contribution is 2.34. The second-order valence-electron chi connectivity index (χ2n) is 7.41. The van der Waals surface area contributed by atoms with Gasteiger partial charge in [0.05, 0.1) is 24.7 Å². The second-order valence-corrected chi connectivity index (χ2v) is 7.85. The Kier molecular flexibility index (Phi) is 5.61. The molecular formula is C23H24ClN5O. The third-order valence-electron chi connectivity index (χ3n) is 5.03. The summed E-state index contributed by atoms with van der Waals surface area (Å²) < 4.78 is 7.50. The molecule has 0 unspecified atom stereocenters. The number of rotatable bonds is 6. The Morgan fingerprint density at radius 2 is 1.87 bits per heavy atom. The normalized spacial score (nSPS) is 11.3. The number of nitrogens with two attached hydrogens (primary N) is 1. The van der Waals surface area contributed by atoms with Crippen LogP contribution >= 0.6 is 11.6 Å². The molecule has 4 aromatic rings. The first kappa shape index (κ1) is 20.2. The zero-order valence-electron chi connectivity index (χ0n) is 17.2. The maximum Gasteiger partial charge on any atom is 0.155 e. The molecule has 0 saturated carbocycles. The number of hydrazine groups is 1. The lowest BCUT2D eigenvalue weighted by Gasteiger charge is -2.19. The van der Waals surface area contributed by atoms with Gasteiger partial charge in [0.25, 0.3) is 0 Å². The maximum absolute atomic E-state index is 6.43. The van der Waals surface area contributed by atoms with E-state index in [-0.39, 0.29) is 6.04 Å². The third kappa shape index (κ3) is 3.84. The smallest absolute Gasteiger partial charge is 0.155 e. The molecule has 0 spiro atoms. The van der Waals surface area contributed by atoms with Gasteiger partial charge in [0.1, 0.15) is 17.7 Å². The summed E-state index contributed by atoms with van der Waals surface area (Å²) in [4.78, 5) is 9.05. The first-order valence-corrected chi connectivity index (χ1v) is 10.1. The summed E-state index contributed by atoms with van der Waals surface area (Å²) in [6.07, 6.45) is 1.56. The topological polar surface area (TPSA) is 69.2 Å². The van der Waals surface area contributed by atoms with Gasteiger partial charge in [-0.15, -0.1) is 0 Å². The molecule has 7 heteroatoms. The molecule has 0 fully saturated rings. The number of ether oxygens (including phenoxy) is 1. The SMILES string of the molecule is COc1ccc(-c2cc3c(N(N)Cc4cccc(Cl)c4)ncnc3n2C(C)C)cc1. The van der Waals surface area contributed by atoms with Crippen molar-refractivity contribution in [3.05, 3.63) is 71.5 Å². The fourth-order valence-electron chi connectivity index (χ4n) is 3.66.